The maximum atomic E-state index is 9.05. The summed E-state index contributed by atoms with van der Waals surface area (Å²) in [5.41, 5.74) is 1.19. The number of benzene rings is 1. The molecule has 0 aliphatic rings. The van der Waals surface area contributed by atoms with Crippen molar-refractivity contribution in [3.63, 3.8) is 0 Å². The molecule has 0 saturated carbocycles. The van der Waals surface area contributed by atoms with Crippen molar-refractivity contribution in [1.82, 2.24) is 4.90 Å². The minimum atomic E-state index is -0.180. The van der Waals surface area contributed by atoms with Gasteiger partial charge in [0.25, 0.3) is 0 Å². The number of nitrogens with zero attached hydrogens (tertiary/aromatic N) is 1. The largest absolute Gasteiger partial charge is 0.395 e. The second-order valence-electron chi connectivity index (χ2n) is 3.78. The fourth-order valence-corrected chi connectivity index (χ4v) is 1.89. The SMILES string of the molecule is CSc1ccc(CN(C)C(CO)CO)cc1. The zero-order chi connectivity index (χ0) is 12.0. The first-order valence-corrected chi connectivity index (χ1v) is 6.48. The molecule has 0 bridgehead atoms. The Balaban J connectivity index is 2.58. The van der Waals surface area contributed by atoms with E-state index in [4.69, 9.17) is 10.2 Å². The van der Waals surface area contributed by atoms with Crippen molar-refractivity contribution in [2.45, 2.75) is 17.5 Å². The van der Waals surface area contributed by atoms with Crippen molar-refractivity contribution in [1.29, 1.82) is 0 Å². The van der Waals surface area contributed by atoms with Gasteiger partial charge in [-0.1, -0.05) is 12.1 Å². The predicted molar refractivity (Wildman–Crippen MR) is 67.6 cm³/mol. The first kappa shape index (κ1) is 13.5. The molecule has 0 fully saturated rings. The van der Waals surface area contributed by atoms with E-state index in [-0.39, 0.29) is 19.3 Å². The zero-order valence-electron chi connectivity index (χ0n) is 9.76. The molecule has 90 valence electrons. The van der Waals surface area contributed by atoms with Crippen LogP contribution in [0.3, 0.4) is 0 Å². The molecule has 3 nitrogen and oxygen atoms in total. The minimum Gasteiger partial charge on any atom is -0.395 e. The lowest BCUT2D eigenvalue weighted by molar-refractivity contribution is 0.0874. The molecular weight excluding hydrogens is 222 g/mol. The Morgan fingerprint density at radius 1 is 1.19 bits per heavy atom. The highest BCUT2D eigenvalue weighted by Gasteiger charge is 2.12. The van der Waals surface area contributed by atoms with E-state index in [1.165, 1.54) is 10.5 Å². The number of rotatable bonds is 6. The average Bonchev–Trinajstić information content (AvgIpc) is 2.31. The quantitative estimate of drug-likeness (QED) is 0.734. The van der Waals surface area contributed by atoms with Crippen LogP contribution in [0.25, 0.3) is 0 Å². The summed E-state index contributed by atoms with van der Waals surface area (Å²) < 4.78 is 0. The van der Waals surface area contributed by atoms with Gasteiger partial charge in [0.05, 0.1) is 19.3 Å². The number of hydrogen-bond donors (Lipinski definition) is 2. The van der Waals surface area contributed by atoms with E-state index < -0.39 is 0 Å². The number of hydrogen-bond acceptors (Lipinski definition) is 4. The second kappa shape index (κ2) is 6.91. The van der Waals surface area contributed by atoms with E-state index >= 15 is 0 Å². The summed E-state index contributed by atoms with van der Waals surface area (Å²) in [4.78, 5) is 3.20. The molecule has 0 spiro atoms. The van der Waals surface area contributed by atoms with E-state index in [0.717, 1.165) is 6.54 Å². The molecule has 0 radical (unpaired) electrons. The van der Waals surface area contributed by atoms with Gasteiger partial charge in [-0.2, -0.15) is 0 Å². The number of thioether (sulfide) groups is 1. The molecule has 0 saturated heterocycles. The minimum absolute atomic E-state index is 0.0180. The van der Waals surface area contributed by atoms with Gasteiger partial charge in [0, 0.05) is 11.4 Å². The molecule has 0 aliphatic heterocycles. The number of aliphatic hydroxyl groups is 2. The van der Waals surface area contributed by atoms with Gasteiger partial charge >= 0.3 is 0 Å². The number of likely N-dealkylation sites (N-methyl/N-ethyl adjacent to an activating group) is 1. The van der Waals surface area contributed by atoms with E-state index in [1.54, 1.807) is 11.8 Å². The smallest absolute Gasteiger partial charge is 0.0609 e. The Bertz CT molecular complexity index is 298. The van der Waals surface area contributed by atoms with Gasteiger partial charge in [0.2, 0.25) is 0 Å². The van der Waals surface area contributed by atoms with Crippen LogP contribution in [0.1, 0.15) is 5.56 Å². The third-order valence-corrected chi connectivity index (χ3v) is 3.38. The summed E-state index contributed by atoms with van der Waals surface area (Å²) in [6.07, 6.45) is 2.05. The molecular formula is C12H19NO2S. The van der Waals surface area contributed by atoms with E-state index in [0.29, 0.717) is 0 Å². The van der Waals surface area contributed by atoms with Crippen LogP contribution >= 0.6 is 11.8 Å². The van der Waals surface area contributed by atoms with Gasteiger partial charge in [-0.3, -0.25) is 4.90 Å². The summed E-state index contributed by atoms with van der Waals surface area (Å²) in [6.45, 7) is 0.701. The summed E-state index contributed by atoms with van der Waals surface area (Å²) in [6, 6.07) is 8.14. The average molecular weight is 241 g/mol. The second-order valence-corrected chi connectivity index (χ2v) is 4.66. The molecule has 4 heteroatoms. The Kier molecular flexibility index (Phi) is 5.84. The topological polar surface area (TPSA) is 43.7 Å². The molecule has 0 aromatic heterocycles. The first-order chi connectivity index (χ1) is 7.71. The van der Waals surface area contributed by atoms with Crippen LogP contribution in [0.5, 0.6) is 0 Å². The summed E-state index contributed by atoms with van der Waals surface area (Å²) >= 11 is 1.72. The van der Waals surface area contributed by atoms with Crippen LogP contribution in [-0.4, -0.2) is 47.7 Å². The van der Waals surface area contributed by atoms with Gasteiger partial charge in [-0.05, 0) is 31.0 Å². The molecule has 1 aromatic rings. The van der Waals surface area contributed by atoms with E-state index in [2.05, 4.69) is 30.5 Å². The molecule has 0 atom stereocenters. The molecule has 1 aromatic carbocycles. The lowest BCUT2D eigenvalue weighted by Gasteiger charge is -2.24. The van der Waals surface area contributed by atoms with Gasteiger partial charge in [0.1, 0.15) is 0 Å². The van der Waals surface area contributed by atoms with Gasteiger partial charge in [0.15, 0.2) is 0 Å². The van der Waals surface area contributed by atoms with Crippen molar-refractivity contribution in [2.24, 2.45) is 0 Å². The Labute approximate surface area is 101 Å². The van der Waals surface area contributed by atoms with Crippen molar-refractivity contribution in [3.05, 3.63) is 29.8 Å². The monoisotopic (exact) mass is 241 g/mol. The molecule has 16 heavy (non-hydrogen) atoms. The maximum Gasteiger partial charge on any atom is 0.0609 e. The summed E-state index contributed by atoms with van der Waals surface area (Å²) in [5.74, 6) is 0. The molecule has 2 N–H and O–H groups in total. The van der Waals surface area contributed by atoms with Crippen molar-refractivity contribution < 1.29 is 10.2 Å². The Morgan fingerprint density at radius 3 is 2.19 bits per heavy atom. The molecule has 1 rings (SSSR count). The molecule has 0 amide bonds. The maximum absolute atomic E-state index is 9.05. The van der Waals surface area contributed by atoms with Crippen LogP contribution in [0, 0.1) is 0 Å². The van der Waals surface area contributed by atoms with Crippen molar-refractivity contribution in [2.75, 3.05) is 26.5 Å². The lowest BCUT2D eigenvalue weighted by Crippen LogP contribution is -2.37. The Hall–Kier alpha value is -0.550. The zero-order valence-corrected chi connectivity index (χ0v) is 10.6. The Morgan fingerprint density at radius 2 is 1.75 bits per heavy atom. The number of aliphatic hydroxyl groups excluding tert-OH is 2. The van der Waals surface area contributed by atoms with Crippen LogP contribution in [0.15, 0.2) is 29.2 Å². The summed E-state index contributed by atoms with van der Waals surface area (Å²) in [5, 5.41) is 18.1. The van der Waals surface area contributed by atoms with Crippen LogP contribution in [0.2, 0.25) is 0 Å². The fourth-order valence-electron chi connectivity index (χ4n) is 1.48. The van der Waals surface area contributed by atoms with Crippen molar-refractivity contribution in [3.8, 4) is 0 Å². The van der Waals surface area contributed by atoms with Crippen molar-refractivity contribution >= 4 is 11.8 Å². The standard InChI is InChI=1S/C12H19NO2S/c1-13(11(8-14)9-15)7-10-3-5-12(16-2)6-4-10/h3-6,11,14-15H,7-9H2,1-2H3. The van der Waals surface area contributed by atoms with Gasteiger partial charge in [-0.25, -0.2) is 0 Å². The fraction of sp³-hybridized carbons (Fsp3) is 0.500. The van der Waals surface area contributed by atoms with Gasteiger partial charge in [-0.15, -0.1) is 11.8 Å². The molecule has 0 unspecified atom stereocenters. The van der Waals surface area contributed by atoms with E-state index in [9.17, 15) is 0 Å². The van der Waals surface area contributed by atoms with Gasteiger partial charge < -0.3 is 10.2 Å². The lowest BCUT2D eigenvalue weighted by atomic mass is 10.2. The normalized spacial score (nSPS) is 11.4. The highest BCUT2D eigenvalue weighted by molar-refractivity contribution is 7.98. The highest BCUT2D eigenvalue weighted by atomic mass is 32.2. The predicted octanol–water partition coefficient (Wildman–Crippen LogP) is 1.19. The third-order valence-electron chi connectivity index (χ3n) is 2.64. The van der Waals surface area contributed by atoms with Crippen LogP contribution < -0.4 is 0 Å². The van der Waals surface area contributed by atoms with Crippen LogP contribution in [-0.2, 0) is 6.54 Å². The third kappa shape index (κ3) is 3.79. The van der Waals surface area contributed by atoms with E-state index in [1.807, 2.05) is 11.9 Å². The first-order valence-electron chi connectivity index (χ1n) is 5.26. The van der Waals surface area contributed by atoms with Crippen LogP contribution in [0.4, 0.5) is 0 Å². The molecule has 0 aliphatic carbocycles. The summed E-state index contributed by atoms with van der Waals surface area (Å²) in [7, 11) is 1.90. The molecule has 0 heterocycles. The highest BCUT2D eigenvalue weighted by Crippen LogP contribution is 2.16.